The molecular weight excluding hydrogens is 372 g/mol. The summed E-state index contributed by atoms with van der Waals surface area (Å²) in [5.41, 5.74) is 6.79. The lowest BCUT2D eigenvalue weighted by Crippen LogP contribution is -2.20. The normalized spacial score (nSPS) is 10.8. The quantitative estimate of drug-likeness (QED) is 0.600. The summed E-state index contributed by atoms with van der Waals surface area (Å²) in [7, 11) is 1.49. The summed E-state index contributed by atoms with van der Waals surface area (Å²) in [6.07, 6.45) is 3.22. The van der Waals surface area contributed by atoms with E-state index in [2.05, 4.69) is 5.32 Å². The third kappa shape index (κ3) is 7.57. The maximum absolute atomic E-state index is 12.1. The number of nitrogens with two attached hydrogens (primary N) is 1. The number of amides is 2. The molecule has 0 heterocycles. The molecule has 2 amide bonds. The molecule has 0 bridgehead atoms. The van der Waals surface area contributed by atoms with Crippen LogP contribution in [0.25, 0.3) is 6.08 Å². The number of nitrogens with one attached hydrogen (secondary N) is 1. The van der Waals surface area contributed by atoms with Crippen LogP contribution < -0.4 is 25.3 Å². The maximum atomic E-state index is 12.1. The van der Waals surface area contributed by atoms with E-state index in [1.807, 2.05) is 38.1 Å². The molecule has 0 aliphatic rings. The van der Waals surface area contributed by atoms with Crippen molar-refractivity contribution in [1.29, 1.82) is 0 Å². The lowest BCUT2D eigenvalue weighted by Gasteiger charge is -2.10. The van der Waals surface area contributed by atoms with Gasteiger partial charge in [0.2, 0.25) is 5.91 Å². The van der Waals surface area contributed by atoms with Crippen LogP contribution in [0.5, 0.6) is 17.2 Å². The fourth-order valence-electron chi connectivity index (χ4n) is 2.43. The molecule has 0 spiro atoms. The van der Waals surface area contributed by atoms with Crippen molar-refractivity contribution in [2.24, 2.45) is 5.73 Å². The highest BCUT2D eigenvalue weighted by Gasteiger charge is 2.06. The molecule has 7 nitrogen and oxygen atoms in total. The lowest BCUT2D eigenvalue weighted by molar-refractivity contribution is -0.120. The Kier molecular flexibility index (Phi) is 8.09. The second-order valence-electron chi connectivity index (χ2n) is 6.53. The zero-order valence-electron chi connectivity index (χ0n) is 16.8. The molecule has 154 valence electrons. The molecule has 2 aromatic carbocycles. The number of primary amides is 1. The summed E-state index contributed by atoms with van der Waals surface area (Å²) in [6.45, 7) is 4.11. The van der Waals surface area contributed by atoms with Crippen molar-refractivity contribution in [2.45, 2.75) is 26.5 Å². The van der Waals surface area contributed by atoms with E-state index in [0.717, 1.165) is 16.9 Å². The minimum Gasteiger partial charge on any atom is -0.493 e. The average Bonchev–Trinajstić information content (AvgIpc) is 2.69. The second-order valence-corrected chi connectivity index (χ2v) is 6.53. The molecule has 0 atom stereocenters. The van der Waals surface area contributed by atoms with E-state index in [1.165, 1.54) is 13.2 Å². The Labute approximate surface area is 170 Å². The van der Waals surface area contributed by atoms with E-state index in [0.29, 0.717) is 18.0 Å². The van der Waals surface area contributed by atoms with E-state index >= 15 is 0 Å². The Morgan fingerprint density at radius 1 is 1.10 bits per heavy atom. The minimum atomic E-state index is -0.574. The van der Waals surface area contributed by atoms with Crippen molar-refractivity contribution in [3.8, 4) is 17.2 Å². The Morgan fingerprint density at radius 2 is 1.83 bits per heavy atom. The molecule has 7 heteroatoms. The van der Waals surface area contributed by atoms with Gasteiger partial charge in [-0.2, -0.15) is 0 Å². The number of methoxy groups -OCH3 is 1. The van der Waals surface area contributed by atoms with Crippen molar-refractivity contribution >= 4 is 17.9 Å². The van der Waals surface area contributed by atoms with Gasteiger partial charge >= 0.3 is 0 Å². The Hall–Kier alpha value is -3.48. The van der Waals surface area contributed by atoms with E-state index in [9.17, 15) is 9.59 Å². The number of benzene rings is 2. The second kappa shape index (κ2) is 10.8. The Morgan fingerprint density at radius 3 is 2.45 bits per heavy atom. The van der Waals surface area contributed by atoms with Crippen LogP contribution in [0.4, 0.5) is 0 Å². The third-order valence-corrected chi connectivity index (χ3v) is 3.75. The summed E-state index contributed by atoms with van der Waals surface area (Å²) in [5.74, 6) is 0.845. The monoisotopic (exact) mass is 398 g/mol. The van der Waals surface area contributed by atoms with Crippen LogP contribution in [0.3, 0.4) is 0 Å². The van der Waals surface area contributed by atoms with Gasteiger partial charge in [-0.3, -0.25) is 9.59 Å². The van der Waals surface area contributed by atoms with Crippen LogP contribution >= 0.6 is 0 Å². The zero-order chi connectivity index (χ0) is 21.2. The van der Waals surface area contributed by atoms with E-state index in [1.54, 1.807) is 24.3 Å². The number of hydrogen-bond acceptors (Lipinski definition) is 5. The number of carbonyl (C=O) groups is 2. The van der Waals surface area contributed by atoms with Gasteiger partial charge in [-0.25, -0.2) is 0 Å². The van der Waals surface area contributed by atoms with Gasteiger partial charge in [-0.05, 0) is 55.3 Å². The third-order valence-electron chi connectivity index (χ3n) is 3.75. The van der Waals surface area contributed by atoms with Gasteiger partial charge in [-0.15, -0.1) is 0 Å². The maximum Gasteiger partial charge on any atom is 0.255 e. The Balaban J connectivity index is 1.90. The fourth-order valence-corrected chi connectivity index (χ4v) is 2.43. The van der Waals surface area contributed by atoms with Crippen LogP contribution in [-0.4, -0.2) is 31.6 Å². The molecule has 0 aromatic heterocycles. The van der Waals surface area contributed by atoms with Crippen molar-refractivity contribution in [3.05, 3.63) is 59.7 Å². The highest BCUT2D eigenvalue weighted by atomic mass is 16.5. The predicted molar refractivity (Wildman–Crippen MR) is 111 cm³/mol. The van der Waals surface area contributed by atoms with Crippen LogP contribution in [0.1, 0.15) is 25.0 Å². The van der Waals surface area contributed by atoms with E-state index in [4.69, 9.17) is 19.9 Å². The summed E-state index contributed by atoms with van der Waals surface area (Å²) in [6, 6.07) is 12.7. The molecule has 2 aromatic rings. The SMILES string of the molecule is COc1cc(/C=C/C(=O)NCc2ccc(OC(C)C)cc2)ccc1OCC(N)=O. The Bertz CT molecular complexity index is 860. The van der Waals surface area contributed by atoms with Gasteiger partial charge in [0.25, 0.3) is 5.91 Å². The zero-order valence-corrected chi connectivity index (χ0v) is 16.8. The summed E-state index contributed by atoms with van der Waals surface area (Å²) < 4.78 is 16.1. The van der Waals surface area contributed by atoms with Crippen LogP contribution in [0, 0.1) is 0 Å². The molecule has 0 unspecified atom stereocenters. The molecule has 0 saturated heterocycles. The topological polar surface area (TPSA) is 99.9 Å². The molecule has 3 N–H and O–H groups in total. The summed E-state index contributed by atoms with van der Waals surface area (Å²) >= 11 is 0. The molecule has 0 aliphatic carbocycles. The van der Waals surface area contributed by atoms with Gasteiger partial charge in [0.05, 0.1) is 13.2 Å². The van der Waals surface area contributed by atoms with E-state index < -0.39 is 5.91 Å². The largest absolute Gasteiger partial charge is 0.493 e. The van der Waals surface area contributed by atoms with Gasteiger partial charge in [0.15, 0.2) is 18.1 Å². The molecule has 0 saturated carbocycles. The van der Waals surface area contributed by atoms with Crippen molar-refractivity contribution < 1.29 is 23.8 Å². The van der Waals surface area contributed by atoms with Crippen molar-refractivity contribution in [2.75, 3.05) is 13.7 Å². The summed E-state index contributed by atoms with van der Waals surface area (Å²) in [5, 5.41) is 2.83. The number of rotatable bonds is 10. The van der Waals surface area contributed by atoms with Crippen LogP contribution in [-0.2, 0) is 16.1 Å². The number of carbonyl (C=O) groups excluding carboxylic acids is 2. The molecule has 29 heavy (non-hydrogen) atoms. The molecule has 2 rings (SSSR count). The van der Waals surface area contributed by atoms with Gasteiger partial charge < -0.3 is 25.3 Å². The smallest absolute Gasteiger partial charge is 0.255 e. The highest BCUT2D eigenvalue weighted by molar-refractivity contribution is 5.91. The highest BCUT2D eigenvalue weighted by Crippen LogP contribution is 2.28. The number of ether oxygens (including phenoxy) is 3. The van der Waals surface area contributed by atoms with Crippen molar-refractivity contribution in [1.82, 2.24) is 5.32 Å². The van der Waals surface area contributed by atoms with Gasteiger partial charge in [0, 0.05) is 12.6 Å². The first-order valence-electron chi connectivity index (χ1n) is 9.18. The molecule has 0 aliphatic heterocycles. The van der Waals surface area contributed by atoms with Crippen LogP contribution in [0.2, 0.25) is 0 Å². The molecular formula is C22H26N2O5. The summed E-state index contributed by atoms with van der Waals surface area (Å²) in [4.78, 5) is 22.9. The molecule has 0 radical (unpaired) electrons. The predicted octanol–water partition coefficient (Wildman–Crippen LogP) is 2.68. The fraction of sp³-hybridized carbons (Fsp3) is 0.273. The first kappa shape index (κ1) is 21.8. The molecule has 0 fully saturated rings. The minimum absolute atomic E-state index is 0.119. The standard InChI is InChI=1S/C22H26N2O5/c1-15(2)29-18-8-4-17(5-9-18)13-24-22(26)11-7-16-6-10-19(20(12-16)27-3)28-14-21(23)25/h4-12,15H,13-14H2,1-3H3,(H2,23,25)(H,24,26)/b11-7+. The van der Waals surface area contributed by atoms with Crippen molar-refractivity contribution in [3.63, 3.8) is 0 Å². The first-order valence-corrected chi connectivity index (χ1v) is 9.18. The lowest BCUT2D eigenvalue weighted by atomic mass is 10.2. The number of hydrogen-bond donors (Lipinski definition) is 2. The first-order chi connectivity index (χ1) is 13.9. The van der Waals surface area contributed by atoms with E-state index in [-0.39, 0.29) is 18.6 Å². The van der Waals surface area contributed by atoms with Gasteiger partial charge in [0.1, 0.15) is 5.75 Å². The average molecular weight is 398 g/mol. The van der Waals surface area contributed by atoms with Crippen LogP contribution in [0.15, 0.2) is 48.5 Å². The van der Waals surface area contributed by atoms with Gasteiger partial charge in [-0.1, -0.05) is 18.2 Å².